The number of nitrogens with zero attached hydrogens (tertiary/aromatic N) is 2. The fourth-order valence-corrected chi connectivity index (χ4v) is 4.30. The van der Waals surface area contributed by atoms with Gasteiger partial charge in [0, 0.05) is 57.8 Å². The standard InChI is InChI=1S/C21H19BrClN3O3/c22-13-2-1-3-15(10-13)25-6-8-26(9-7-25)19(27)12-17-16-11-14(23)4-5-18(16)24-20(17)21(28)29/h1-5,10-11,24H,6-9,12H2,(H,28,29). The molecule has 6 nitrogen and oxygen atoms in total. The van der Waals surface area contributed by atoms with Crippen LogP contribution in [0.15, 0.2) is 46.9 Å². The summed E-state index contributed by atoms with van der Waals surface area (Å²) in [4.78, 5) is 31.5. The molecule has 2 N–H and O–H groups in total. The molecule has 2 aromatic carbocycles. The quantitative estimate of drug-likeness (QED) is 0.592. The van der Waals surface area contributed by atoms with Crippen molar-refractivity contribution in [2.45, 2.75) is 6.42 Å². The molecule has 3 aromatic rings. The van der Waals surface area contributed by atoms with E-state index in [1.165, 1.54) is 0 Å². The van der Waals surface area contributed by atoms with E-state index in [0.29, 0.717) is 34.6 Å². The Hall–Kier alpha value is -2.51. The topological polar surface area (TPSA) is 76.6 Å². The Morgan fingerprint density at radius 3 is 2.55 bits per heavy atom. The zero-order valence-electron chi connectivity index (χ0n) is 15.5. The third kappa shape index (κ3) is 4.11. The molecule has 150 valence electrons. The molecule has 8 heteroatoms. The Morgan fingerprint density at radius 2 is 1.86 bits per heavy atom. The van der Waals surface area contributed by atoms with Gasteiger partial charge in [0.25, 0.3) is 0 Å². The van der Waals surface area contributed by atoms with Crippen molar-refractivity contribution in [2.75, 3.05) is 31.1 Å². The number of hydrogen-bond acceptors (Lipinski definition) is 3. The van der Waals surface area contributed by atoms with E-state index in [1.54, 1.807) is 23.1 Å². The molecule has 4 rings (SSSR count). The minimum Gasteiger partial charge on any atom is -0.477 e. The van der Waals surface area contributed by atoms with Crippen molar-refractivity contribution in [3.05, 3.63) is 63.2 Å². The number of hydrogen-bond donors (Lipinski definition) is 2. The number of amides is 1. The summed E-state index contributed by atoms with van der Waals surface area (Å²) < 4.78 is 1.02. The Morgan fingerprint density at radius 1 is 1.10 bits per heavy atom. The number of carbonyl (C=O) groups is 2. The van der Waals surface area contributed by atoms with Gasteiger partial charge < -0.3 is 19.9 Å². The average Bonchev–Trinajstić information content (AvgIpc) is 3.06. The van der Waals surface area contributed by atoms with Gasteiger partial charge in [-0.3, -0.25) is 4.79 Å². The van der Waals surface area contributed by atoms with Crippen molar-refractivity contribution >= 4 is 56.0 Å². The number of carboxylic acid groups (broad SMARTS) is 1. The number of carbonyl (C=O) groups excluding carboxylic acids is 1. The van der Waals surface area contributed by atoms with Crippen LogP contribution in [0.5, 0.6) is 0 Å². The zero-order chi connectivity index (χ0) is 20.5. The second kappa shape index (κ2) is 8.08. The lowest BCUT2D eigenvalue weighted by atomic mass is 10.1. The van der Waals surface area contributed by atoms with Crippen LogP contribution in [0, 0.1) is 0 Å². The Kier molecular flexibility index (Phi) is 5.52. The molecule has 1 amide bonds. The van der Waals surface area contributed by atoms with Gasteiger partial charge in [-0.1, -0.05) is 33.6 Å². The highest BCUT2D eigenvalue weighted by Crippen LogP contribution is 2.27. The molecule has 1 fully saturated rings. The van der Waals surface area contributed by atoms with Crippen molar-refractivity contribution < 1.29 is 14.7 Å². The molecule has 1 aliphatic heterocycles. The van der Waals surface area contributed by atoms with E-state index in [-0.39, 0.29) is 18.0 Å². The normalized spacial score (nSPS) is 14.4. The van der Waals surface area contributed by atoms with Crippen LogP contribution >= 0.6 is 27.5 Å². The van der Waals surface area contributed by atoms with Crippen LogP contribution in [0.4, 0.5) is 5.69 Å². The minimum atomic E-state index is -1.08. The number of benzene rings is 2. The molecule has 1 aliphatic rings. The lowest BCUT2D eigenvalue weighted by molar-refractivity contribution is -0.130. The molecule has 0 radical (unpaired) electrons. The lowest BCUT2D eigenvalue weighted by Crippen LogP contribution is -2.49. The summed E-state index contributed by atoms with van der Waals surface area (Å²) in [6.07, 6.45) is 0.0266. The minimum absolute atomic E-state index is 0.0266. The third-order valence-electron chi connectivity index (χ3n) is 5.22. The van der Waals surface area contributed by atoms with Gasteiger partial charge in [0.2, 0.25) is 5.91 Å². The van der Waals surface area contributed by atoms with Gasteiger partial charge in [0.1, 0.15) is 5.69 Å². The number of anilines is 1. The molecule has 1 saturated heterocycles. The number of nitrogens with one attached hydrogen (secondary N) is 1. The number of aromatic amines is 1. The first kappa shape index (κ1) is 19.8. The molecule has 0 saturated carbocycles. The summed E-state index contributed by atoms with van der Waals surface area (Å²) in [5.41, 5.74) is 2.30. The van der Waals surface area contributed by atoms with E-state index < -0.39 is 5.97 Å². The first-order valence-corrected chi connectivity index (χ1v) is 10.4. The summed E-state index contributed by atoms with van der Waals surface area (Å²) in [7, 11) is 0. The van der Waals surface area contributed by atoms with Crippen LogP contribution in [-0.2, 0) is 11.2 Å². The SMILES string of the molecule is O=C(O)c1[nH]c2ccc(Cl)cc2c1CC(=O)N1CCN(c2cccc(Br)c2)CC1. The number of aromatic carboxylic acids is 1. The summed E-state index contributed by atoms with van der Waals surface area (Å²) in [6.45, 7) is 2.65. The van der Waals surface area contributed by atoms with Crippen molar-refractivity contribution in [1.82, 2.24) is 9.88 Å². The monoisotopic (exact) mass is 475 g/mol. The van der Waals surface area contributed by atoms with E-state index in [9.17, 15) is 14.7 Å². The van der Waals surface area contributed by atoms with Crippen LogP contribution in [0.3, 0.4) is 0 Å². The Bertz CT molecular complexity index is 1090. The molecular weight excluding hydrogens is 458 g/mol. The van der Waals surface area contributed by atoms with E-state index in [2.05, 4.69) is 37.9 Å². The Labute approximate surface area is 181 Å². The second-order valence-corrected chi connectivity index (χ2v) is 8.35. The maximum absolute atomic E-state index is 12.9. The molecule has 0 unspecified atom stereocenters. The maximum Gasteiger partial charge on any atom is 0.352 e. The summed E-state index contributed by atoms with van der Waals surface area (Å²) >= 11 is 9.57. The predicted octanol–water partition coefficient (Wildman–Crippen LogP) is 4.17. The first-order chi connectivity index (χ1) is 13.9. The Balaban J connectivity index is 1.50. The van der Waals surface area contributed by atoms with E-state index in [1.807, 2.05) is 12.1 Å². The summed E-state index contributed by atoms with van der Waals surface area (Å²) in [6, 6.07) is 13.2. The number of fused-ring (bicyclic) bond motifs is 1. The second-order valence-electron chi connectivity index (χ2n) is 7.00. The van der Waals surface area contributed by atoms with Gasteiger partial charge in [-0.05, 0) is 36.4 Å². The van der Waals surface area contributed by atoms with Crippen molar-refractivity contribution in [3.8, 4) is 0 Å². The molecule has 29 heavy (non-hydrogen) atoms. The number of H-pyrrole nitrogens is 1. The van der Waals surface area contributed by atoms with Crippen LogP contribution in [0.1, 0.15) is 16.1 Å². The number of carboxylic acids is 1. The lowest BCUT2D eigenvalue weighted by Gasteiger charge is -2.36. The molecule has 0 aliphatic carbocycles. The van der Waals surface area contributed by atoms with Crippen molar-refractivity contribution in [2.24, 2.45) is 0 Å². The van der Waals surface area contributed by atoms with Crippen molar-refractivity contribution in [1.29, 1.82) is 0 Å². The number of piperazine rings is 1. The molecule has 2 heterocycles. The summed E-state index contributed by atoms with van der Waals surface area (Å²) in [5.74, 6) is -1.16. The molecule has 0 bridgehead atoms. The van der Waals surface area contributed by atoms with Crippen molar-refractivity contribution in [3.63, 3.8) is 0 Å². The maximum atomic E-state index is 12.9. The van der Waals surface area contributed by atoms with E-state index >= 15 is 0 Å². The number of halogens is 2. The number of aromatic nitrogens is 1. The van der Waals surface area contributed by atoms with Crippen LogP contribution in [-0.4, -0.2) is 53.0 Å². The average molecular weight is 477 g/mol. The van der Waals surface area contributed by atoms with Crippen LogP contribution in [0.25, 0.3) is 10.9 Å². The molecule has 1 aromatic heterocycles. The third-order valence-corrected chi connectivity index (χ3v) is 5.94. The predicted molar refractivity (Wildman–Crippen MR) is 117 cm³/mol. The number of rotatable bonds is 4. The van der Waals surface area contributed by atoms with E-state index in [4.69, 9.17) is 11.6 Å². The highest BCUT2D eigenvalue weighted by Gasteiger charge is 2.25. The van der Waals surface area contributed by atoms with Gasteiger partial charge >= 0.3 is 5.97 Å². The largest absolute Gasteiger partial charge is 0.477 e. The van der Waals surface area contributed by atoms with Gasteiger partial charge in [0.15, 0.2) is 0 Å². The molecular formula is C21H19BrClN3O3. The first-order valence-electron chi connectivity index (χ1n) is 9.24. The summed E-state index contributed by atoms with van der Waals surface area (Å²) in [5, 5.41) is 10.7. The van der Waals surface area contributed by atoms with Gasteiger partial charge in [0.05, 0.1) is 6.42 Å². The van der Waals surface area contributed by atoms with Gasteiger partial charge in [-0.25, -0.2) is 4.79 Å². The fraction of sp³-hybridized carbons (Fsp3) is 0.238. The smallest absolute Gasteiger partial charge is 0.352 e. The highest BCUT2D eigenvalue weighted by molar-refractivity contribution is 9.10. The fourth-order valence-electron chi connectivity index (χ4n) is 3.74. The molecule has 0 spiro atoms. The van der Waals surface area contributed by atoms with E-state index in [0.717, 1.165) is 23.2 Å². The zero-order valence-corrected chi connectivity index (χ0v) is 17.8. The highest BCUT2D eigenvalue weighted by atomic mass is 79.9. The van der Waals surface area contributed by atoms with Gasteiger partial charge in [-0.15, -0.1) is 0 Å². The molecule has 0 atom stereocenters. The van der Waals surface area contributed by atoms with Gasteiger partial charge in [-0.2, -0.15) is 0 Å². The van der Waals surface area contributed by atoms with Crippen LogP contribution < -0.4 is 4.90 Å². The van der Waals surface area contributed by atoms with Crippen LogP contribution in [0.2, 0.25) is 5.02 Å².